The van der Waals surface area contributed by atoms with Crippen molar-refractivity contribution in [1.29, 1.82) is 0 Å². The normalized spacial score (nSPS) is 23.8. The predicted molar refractivity (Wildman–Crippen MR) is 71.5 cm³/mol. The lowest BCUT2D eigenvalue weighted by molar-refractivity contribution is -0.124. The number of rotatable bonds is 4. The van der Waals surface area contributed by atoms with Crippen LogP contribution in [0.2, 0.25) is 0 Å². The van der Waals surface area contributed by atoms with Gasteiger partial charge in [0.25, 0.3) is 0 Å². The molecule has 3 N–H and O–H groups in total. The summed E-state index contributed by atoms with van der Waals surface area (Å²) in [6.07, 6.45) is 4.08. The van der Waals surface area contributed by atoms with Gasteiger partial charge in [-0.1, -0.05) is 12.2 Å². The minimum atomic E-state index is -0.487. The average molecular weight is 258 g/mol. The maximum Gasteiger partial charge on any atom is 0.233 e. The lowest BCUT2D eigenvalue weighted by atomic mass is 10.0. The van der Waals surface area contributed by atoms with E-state index in [9.17, 15) is 4.79 Å². The highest BCUT2D eigenvalue weighted by atomic mass is 32.2. The van der Waals surface area contributed by atoms with Crippen LogP contribution >= 0.6 is 24.0 Å². The van der Waals surface area contributed by atoms with Gasteiger partial charge in [0, 0.05) is 6.54 Å². The molecular weight excluding hydrogens is 240 g/mol. The van der Waals surface area contributed by atoms with E-state index >= 15 is 0 Å². The summed E-state index contributed by atoms with van der Waals surface area (Å²) in [5, 5.41) is 3.02. The molecule has 1 amide bonds. The highest BCUT2D eigenvalue weighted by molar-refractivity contribution is 7.99. The fourth-order valence-electron chi connectivity index (χ4n) is 2.07. The molecule has 0 aromatic heterocycles. The van der Waals surface area contributed by atoms with E-state index in [1.54, 1.807) is 0 Å². The van der Waals surface area contributed by atoms with Crippen molar-refractivity contribution in [1.82, 2.24) is 5.32 Å². The van der Waals surface area contributed by atoms with Gasteiger partial charge in [-0.15, -0.1) is 0 Å². The van der Waals surface area contributed by atoms with E-state index in [0.717, 1.165) is 19.4 Å². The molecule has 1 heterocycles. The van der Waals surface area contributed by atoms with E-state index in [2.05, 4.69) is 5.32 Å². The quantitative estimate of drug-likeness (QED) is 0.747. The smallest absolute Gasteiger partial charge is 0.233 e. The Kier molecular flexibility index (Phi) is 3.74. The standard InChI is InChI=1S/C11H18N2OS2/c12-9(15)11(3-4-11)10(14)13-7-8-1-5-16-6-2-8/h8H,1-7H2,(H2,12,15)(H,13,14). The largest absolute Gasteiger partial charge is 0.392 e. The zero-order chi connectivity index (χ0) is 11.6. The Morgan fingerprint density at radius 3 is 2.56 bits per heavy atom. The summed E-state index contributed by atoms with van der Waals surface area (Å²) in [4.78, 5) is 12.3. The number of thiocarbonyl (C=S) groups is 1. The van der Waals surface area contributed by atoms with E-state index in [1.807, 2.05) is 11.8 Å². The van der Waals surface area contributed by atoms with Crippen LogP contribution in [0.1, 0.15) is 25.7 Å². The number of carbonyl (C=O) groups is 1. The third-order valence-electron chi connectivity index (χ3n) is 3.55. The molecule has 0 unspecified atom stereocenters. The van der Waals surface area contributed by atoms with Gasteiger partial charge in [0.15, 0.2) is 0 Å². The number of amides is 1. The zero-order valence-electron chi connectivity index (χ0n) is 9.33. The van der Waals surface area contributed by atoms with E-state index in [1.165, 1.54) is 24.3 Å². The van der Waals surface area contributed by atoms with E-state index < -0.39 is 5.41 Å². The molecule has 0 bridgehead atoms. The monoisotopic (exact) mass is 258 g/mol. The van der Waals surface area contributed by atoms with Gasteiger partial charge in [0.05, 0.1) is 10.4 Å². The number of hydrogen-bond acceptors (Lipinski definition) is 3. The van der Waals surface area contributed by atoms with Gasteiger partial charge in [-0.05, 0) is 43.1 Å². The first-order valence-electron chi connectivity index (χ1n) is 5.81. The molecule has 1 saturated carbocycles. The minimum absolute atomic E-state index is 0.0539. The first kappa shape index (κ1) is 12.2. The molecule has 0 spiro atoms. The van der Waals surface area contributed by atoms with Gasteiger partial charge < -0.3 is 11.1 Å². The molecule has 2 fully saturated rings. The van der Waals surface area contributed by atoms with Crippen molar-refractivity contribution in [2.75, 3.05) is 18.1 Å². The predicted octanol–water partition coefficient (Wildman–Crippen LogP) is 1.31. The lowest BCUT2D eigenvalue weighted by Crippen LogP contribution is -2.41. The van der Waals surface area contributed by atoms with Crippen molar-refractivity contribution in [2.45, 2.75) is 25.7 Å². The van der Waals surface area contributed by atoms with Crippen LogP contribution < -0.4 is 11.1 Å². The van der Waals surface area contributed by atoms with Gasteiger partial charge in [-0.3, -0.25) is 4.79 Å². The number of thioether (sulfide) groups is 1. The highest BCUT2D eigenvalue weighted by Crippen LogP contribution is 2.46. The van der Waals surface area contributed by atoms with Crippen molar-refractivity contribution in [3.8, 4) is 0 Å². The molecule has 2 rings (SSSR count). The van der Waals surface area contributed by atoms with Crippen LogP contribution in [0.15, 0.2) is 0 Å². The summed E-state index contributed by atoms with van der Waals surface area (Å²) in [6, 6.07) is 0. The minimum Gasteiger partial charge on any atom is -0.392 e. The van der Waals surface area contributed by atoms with Crippen LogP contribution in [-0.2, 0) is 4.79 Å². The van der Waals surface area contributed by atoms with Crippen molar-refractivity contribution in [3.05, 3.63) is 0 Å². The Balaban J connectivity index is 1.77. The molecule has 1 aliphatic heterocycles. The Labute approximate surface area is 106 Å². The van der Waals surface area contributed by atoms with Crippen LogP contribution in [0, 0.1) is 11.3 Å². The SMILES string of the molecule is NC(=S)C1(C(=O)NCC2CCSCC2)CC1. The Bertz CT molecular complexity index is 296. The summed E-state index contributed by atoms with van der Waals surface area (Å²) in [5.41, 5.74) is 5.12. The highest BCUT2D eigenvalue weighted by Gasteiger charge is 2.52. The maximum atomic E-state index is 11.9. The summed E-state index contributed by atoms with van der Waals surface area (Å²) in [7, 11) is 0. The van der Waals surface area contributed by atoms with Crippen LogP contribution in [-0.4, -0.2) is 28.9 Å². The van der Waals surface area contributed by atoms with Crippen molar-refractivity contribution < 1.29 is 4.79 Å². The first-order chi connectivity index (χ1) is 7.65. The van der Waals surface area contributed by atoms with Crippen LogP contribution in [0.3, 0.4) is 0 Å². The van der Waals surface area contributed by atoms with E-state index in [0.29, 0.717) is 10.9 Å². The molecule has 0 radical (unpaired) electrons. The van der Waals surface area contributed by atoms with E-state index in [-0.39, 0.29) is 5.91 Å². The number of nitrogens with one attached hydrogen (secondary N) is 1. The fourth-order valence-corrected chi connectivity index (χ4v) is 3.57. The Morgan fingerprint density at radius 2 is 2.06 bits per heavy atom. The van der Waals surface area contributed by atoms with Gasteiger partial charge >= 0.3 is 0 Å². The van der Waals surface area contributed by atoms with Crippen LogP contribution in [0.5, 0.6) is 0 Å². The van der Waals surface area contributed by atoms with Gasteiger partial charge in [0.2, 0.25) is 5.91 Å². The number of carbonyl (C=O) groups excluding carboxylic acids is 1. The molecule has 2 aliphatic rings. The molecule has 5 heteroatoms. The van der Waals surface area contributed by atoms with Crippen molar-refractivity contribution in [3.63, 3.8) is 0 Å². The summed E-state index contributed by atoms with van der Waals surface area (Å²) in [5.74, 6) is 3.15. The van der Waals surface area contributed by atoms with E-state index in [4.69, 9.17) is 18.0 Å². The second-order valence-electron chi connectivity index (χ2n) is 4.71. The third kappa shape index (κ3) is 2.51. The molecular formula is C11H18N2OS2. The molecule has 0 aromatic rings. The van der Waals surface area contributed by atoms with Crippen molar-refractivity contribution in [2.24, 2.45) is 17.1 Å². The topological polar surface area (TPSA) is 55.1 Å². The third-order valence-corrected chi connectivity index (χ3v) is 4.99. The number of hydrogen-bond donors (Lipinski definition) is 2. The van der Waals surface area contributed by atoms with Crippen molar-refractivity contribution >= 4 is 34.9 Å². The zero-order valence-corrected chi connectivity index (χ0v) is 11.0. The second kappa shape index (κ2) is 4.92. The van der Waals surface area contributed by atoms with Gasteiger partial charge in [0.1, 0.15) is 0 Å². The lowest BCUT2D eigenvalue weighted by Gasteiger charge is -2.22. The first-order valence-corrected chi connectivity index (χ1v) is 7.37. The molecule has 3 nitrogen and oxygen atoms in total. The number of nitrogens with two attached hydrogens (primary N) is 1. The molecule has 0 aromatic carbocycles. The molecule has 16 heavy (non-hydrogen) atoms. The Morgan fingerprint density at radius 1 is 1.44 bits per heavy atom. The maximum absolute atomic E-state index is 11.9. The van der Waals surface area contributed by atoms with Crippen LogP contribution in [0.4, 0.5) is 0 Å². The Hall–Kier alpha value is -0.290. The molecule has 1 saturated heterocycles. The fraction of sp³-hybridized carbons (Fsp3) is 0.818. The average Bonchev–Trinajstić information content (AvgIpc) is 3.08. The summed E-state index contributed by atoms with van der Waals surface area (Å²) in [6.45, 7) is 0.795. The molecule has 0 atom stereocenters. The van der Waals surface area contributed by atoms with Gasteiger partial charge in [-0.25, -0.2) is 0 Å². The second-order valence-corrected chi connectivity index (χ2v) is 6.38. The summed E-state index contributed by atoms with van der Waals surface area (Å²) >= 11 is 6.96. The molecule has 90 valence electrons. The summed E-state index contributed by atoms with van der Waals surface area (Å²) < 4.78 is 0. The van der Waals surface area contributed by atoms with Crippen LogP contribution in [0.25, 0.3) is 0 Å². The van der Waals surface area contributed by atoms with Gasteiger partial charge in [-0.2, -0.15) is 11.8 Å². The molecule has 1 aliphatic carbocycles.